The predicted molar refractivity (Wildman–Crippen MR) is 34.0 cm³/mol. The van der Waals surface area contributed by atoms with Crippen LogP contribution >= 0.6 is 11.8 Å². The first-order valence-corrected chi connectivity index (χ1v) is 3.49. The van der Waals surface area contributed by atoms with Gasteiger partial charge in [-0.15, -0.1) is 0 Å². The largest absolute Gasteiger partial charge is 0.244 e. The van der Waals surface area contributed by atoms with Crippen LogP contribution in [0.5, 0.6) is 0 Å². The Bertz CT molecular complexity index is 137. The molecule has 3 aliphatic rings. The first-order chi connectivity index (χ1) is 4.06. The highest BCUT2D eigenvalue weighted by molar-refractivity contribution is 6.13. The van der Waals surface area contributed by atoms with Crippen molar-refractivity contribution >= 4 is 11.8 Å². The molecule has 3 fully saturated rings. The summed E-state index contributed by atoms with van der Waals surface area (Å²) < 4.78 is 14.4. The molecule has 0 aromatic rings. The Labute approximate surface area is 58.9 Å². The molecule has 0 aromatic heterocycles. The molecule has 0 spiro atoms. The van der Waals surface area contributed by atoms with Gasteiger partial charge >= 0.3 is 0 Å². The standard InChI is InChI=1S/C6H9ClFN/c1-9(7)6-2-5(8,3-6)4-6/h2-4H2,1H3. The molecule has 0 saturated heterocycles. The van der Waals surface area contributed by atoms with E-state index in [9.17, 15) is 4.39 Å². The van der Waals surface area contributed by atoms with E-state index in [2.05, 4.69) is 0 Å². The van der Waals surface area contributed by atoms with Gasteiger partial charge in [-0.2, -0.15) is 0 Å². The molecular weight excluding hydrogens is 141 g/mol. The van der Waals surface area contributed by atoms with E-state index >= 15 is 0 Å². The van der Waals surface area contributed by atoms with Crippen molar-refractivity contribution in [2.45, 2.75) is 30.5 Å². The maximum absolute atomic E-state index is 12.8. The minimum atomic E-state index is -0.816. The topological polar surface area (TPSA) is 3.24 Å². The molecule has 9 heavy (non-hydrogen) atoms. The van der Waals surface area contributed by atoms with Gasteiger partial charge in [-0.25, -0.2) is 8.81 Å². The quantitative estimate of drug-likeness (QED) is 0.513. The zero-order valence-corrected chi connectivity index (χ0v) is 6.08. The molecule has 0 N–H and O–H groups in total. The van der Waals surface area contributed by atoms with Crippen molar-refractivity contribution < 1.29 is 4.39 Å². The Morgan fingerprint density at radius 3 is 2.00 bits per heavy atom. The Kier molecular flexibility index (Phi) is 0.840. The maximum atomic E-state index is 12.8. The molecule has 52 valence electrons. The highest BCUT2D eigenvalue weighted by atomic mass is 35.5. The normalized spacial score (nSPS) is 54.7. The second-order valence-electron chi connectivity index (χ2n) is 3.38. The van der Waals surface area contributed by atoms with Gasteiger partial charge in [0.1, 0.15) is 5.67 Å². The van der Waals surface area contributed by atoms with Gasteiger partial charge in [0.25, 0.3) is 0 Å². The zero-order chi connectivity index (χ0) is 6.70. The van der Waals surface area contributed by atoms with Gasteiger partial charge < -0.3 is 0 Å². The van der Waals surface area contributed by atoms with Crippen LogP contribution in [0.25, 0.3) is 0 Å². The molecule has 0 unspecified atom stereocenters. The summed E-state index contributed by atoms with van der Waals surface area (Å²) in [5.74, 6) is 0. The molecule has 0 atom stereocenters. The number of halogens is 2. The van der Waals surface area contributed by atoms with E-state index < -0.39 is 5.67 Å². The summed E-state index contributed by atoms with van der Waals surface area (Å²) in [5.41, 5.74) is -0.764. The molecule has 0 aliphatic heterocycles. The summed E-state index contributed by atoms with van der Waals surface area (Å²) in [6.07, 6.45) is 1.96. The molecule has 3 saturated carbocycles. The maximum Gasteiger partial charge on any atom is 0.116 e. The van der Waals surface area contributed by atoms with Crippen molar-refractivity contribution in [2.24, 2.45) is 0 Å². The highest BCUT2D eigenvalue weighted by Gasteiger charge is 2.71. The van der Waals surface area contributed by atoms with Crippen molar-refractivity contribution in [2.75, 3.05) is 7.05 Å². The summed E-state index contributed by atoms with van der Waals surface area (Å²) >= 11 is 5.69. The summed E-state index contributed by atoms with van der Waals surface area (Å²) in [7, 11) is 1.81. The first kappa shape index (κ1) is 5.93. The fourth-order valence-electron chi connectivity index (χ4n) is 1.94. The van der Waals surface area contributed by atoms with Crippen LogP contribution in [0.1, 0.15) is 19.3 Å². The Morgan fingerprint density at radius 2 is 1.89 bits per heavy atom. The van der Waals surface area contributed by atoms with Crippen molar-refractivity contribution in [3.8, 4) is 0 Å². The van der Waals surface area contributed by atoms with Crippen molar-refractivity contribution in [3.05, 3.63) is 0 Å². The molecule has 3 heteroatoms. The SMILES string of the molecule is CN(Cl)C12CC(F)(C1)C2. The van der Waals surface area contributed by atoms with E-state index in [1.165, 1.54) is 0 Å². The monoisotopic (exact) mass is 149 g/mol. The summed E-state index contributed by atoms with van der Waals surface area (Å²) in [6, 6.07) is 0. The number of alkyl halides is 1. The summed E-state index contributed by atoms with van der Waals surface area (Å²) in [6.45, 7) is 0. The second-order valence-corrected chi connectivity index (χ2v) is 3.89. The zero-order valence-electron chi connectivity index (χ0n) is 5.32. The van der Waals surface area contributed by atoms with E-state index in [0.717, 1.165) is 0 Å². The van der Waals surface area contributed by atoms with Crippen LogP contribution in [0.3, 0.4) is 0 Å². The second kappa shape index (κ2) is 1.28. The molecule has 1 nitrogen and oxygen atoms in total. The average molecular weight is 150 g/mol. The van der Waals surface area contributed by atoms with Gasteiger partial charge in [0.15, 0.2) is 0 Å². The third-order valence-electron chi connectivity index (χ3n) is 2.59. The molecule has 3 aliphatic carbocycles. The van der Waals surface area contributed by atoms with Crippen LogP contribution in [-0.4, -0.2) is 22.7 Å². The van der Waals surface area contributed by atoms with Crippen LogP contribution in [0.2, 0.25) is 0 Å². The van der Waals surface area contributed by atoms with Gasteiger partial charge in [0, 0.05) is 31.8 Å². The van der Waals surface area contributed by atoms with E-state index in [-0.39, 0.29) is 5.54 Å². The summed E-state index contributed by atoms with van der Waals surface area (Å²) in [5, 5.41) is 0. The number of hydrogen-bond acceptors (Lipinski definition) is 1. The van der Waals surface area contributed by atoms with Crippen LogP contribution in [0, 0.1) is 0 Å². The van der Waals surface area contributed by atoms with Crippen molar-refractivity contribution in [3.63, 3.8) is 0 Å². The Balaban J connectivity index is 2.04. The summed E-state index contributed by atoms with van der Waals surface area (Å²) in [4.78, 5) is 0. The predicted octanol–water partition coefficient (Wildman–Crippen LogP) is 1.72. The van der Waals surface area contributed by atoms with E-state index in [1.54, 1.807) is 11.5 Å². The molecular formula is C6H9ClFN. The molecule has 0 radical (unpaired) electrons. The molecule has 0 amide bonds. The lowest BCUT2D eigenvalue weighted by Gasteiger charge is -2.67. The average Bonchev–Trinajstić information content (AvgIpc) is 1.54. The van der Waals surface area contributed by atoms with Gasteiger partial charge in [-0.1, -0.05) is 0 Å². The number of hydrogen-bond donors (Lipinski definition) is 0. The Hall–Kier alpha value is 0.180. The van der Waals surface area contributed by atoms with Crippen molar-refractivity contribution in [1.29, 1.82) is 0 Å². The first-order valence-electron chi connectivity index (χ1n) is 3.15. The minimum Gasteiger partial charge on any atom is -0.244 e. The third kappa shape index (κ3) is 0.534. The lowest BCUT2D eigenvalue weighted by Crippen LogP contribution is -2.74. The number of rotatable bonds is 1. The third-order valence-corrected chi connectivity index (χ3v) is 2.95. The van der Waals surface area contributed by atoms with E-state index in [4.69, 9.17) is 11.8 Å². The van der Waals surface area contributed by atoms with Gasteiger partial charge in [0.2, 0.25) is 0 Å². The lowest BCUT2D eigenvalue weighted by molar-refractivity contribution is -0.197. The fraction of sp³-hybridized carbons (Fsp3) is 1.00. The smallest absolute Gasteiger partial charge is 0.116 e. The van der Waals surface area contributed by atoms with Crippen LogP contribution in [0.15, 0.2) is 0 Å². The van der Waals surface area contributed by atoms with E-state index in [0.29, 0.717) is 19.3 Å². The van der Waals surface area contributed by atoms with Gasteiger partial charge in [-0.05, 0) is 11.8 Å². The molecule has 0 heterocycles. The van der Waals surface area contributed by atoms with Crippen LogP contribution in [0.4, 0.5) is 4.39 Å². The minimum absolute atomic E-state index is 0.0519. The molecule has 2 bridgehead atoms. The van der Waals surface area contributed by atoms with Crippen LogP contribution < -0.4 is 0 Å². The van der Waals surface area contributed by atoms with Crippen LogP contribution in [-0.2, 0) is 0 Å². The fourth-order valence-corrected chi connectivity index (χ4v) is 2.12. The number of nitrogens with zero attached hydrogens (tertiary/aromatic N) is 1. The van der Waals surface area contributed by atoms with Gasteiger partial charge in [-0.3, -0.25) is 0 Å². The van der Waals surface area contributed by atoms with Gasteiger partial charge in [0.05, 0.1) is 0 Å². The van der Waals surface area contributed by atoms with E-state index in [1.807, 2.05) is 0 Å². The highest BCUT2D eigenvalue weighted by Crippen LogP contribution is 2.65. The Morgan fingerprint density at radius 1 is 1.44 bits per heavy atom. The molecule has 3 rings (SSSR count). The van der Waals surface area contributed by atoms with Crippen molar-refractivity contribution in [1.82, 2.24) is 4.42 Å². The lowest BCUT2D eigenvalue weighted by atomic mass is 9.47. The molecule has 0 aromatic carbocycles.